The van der Waals surface area contributed by atoms with E-state index in [2.05, 4.69) is 19.9 Å². The number of carboxylic acids is 1. The average molecular weight is 441 g/mol. The second-order valence-electron chi connectivity index (χ2n) is 6.57. The molecule has 0 fully saturated rings. The van der Waals surface area contributed by atoms with Crippen molar-refractivity contribution in [2.24, 2.45) is 5.73 Å². The Bertz CT molecular complexity index is 1310. The fourth-order valence-electron chi connectivity index (χ4n) is 3.19. The Labute approximate surface area is 177 Å². The lowest BCUT2D eigenvalue weighted by atomic mass is 10.1. The van der Waals surface area contributed by atoms with Gasteiger partial charge in [0.1, 0.15) is 0 Å². The third-order valence-corrected chi connectivity index (χ3v) is 4.75. The summed E-state index contributed by atoms with van der Waals surface area (Å²) in [5.74, 6) is -1.95. The molecule has 4 rings (SSSR count). The number of rotatable bonds is 4. The molecule has 0 saturated heterocycles. The van der Waals surface area contributed by atoms with E-state index < -0.39 is 21.7 Å². The van der Waals surface area contributed by atoms with Crippen molar-refractivity contribution in [1.29, 1.82) is 0 Å². The summed E-state index contributed by atoms with van der Waals surface area (Å²) >= 11 is 0. The summed E-state index contributed by atoms with van der Waals surface area (Å²) in [6.07, 6.45) is 2.68. The number of fused-ring (bicyclic) bond motifs is 2. The molecule has 14 nitrogen and oxygen atoms in total. The molecule has 2 aromatic heterocycles. The van der Waals surface area contributed by atoms with Crippen LogP contribution in [0.15, 0.2) is 24.8 Å². The van der Waals surface area contributed by atoms with Gasteiger partial charge in [0.05, 0.1) is 66.8 Å². The van der Waals surface area contributed by atoms with Gasteiger partial charge >= 0.3 is 5.97 Å². The minimum absolute atomic E-state index is 0.0739. The second kappa shape index (κ2) is 8.10. The molecule has 4 aromatic rings. The predicted molar refractivity (Wildman–Crippen MR) is 110 cm³/mol. The van der Waals surface area contributed by atoms with Gasteiger partial charge in [-0.05, 0) is 13.8 Å². The van der Waals surface area contributed by atoms with E-state index in [0.29, 0.717) is 33.2 Å². The number of primary amides is 1. The van der Waals surface area contributed by atoms with Gasteiger partial charge in [-0.1, -0.05) is 0 Å². The normalized spacial score (nSPS) is 10.6. The number of aromatic carboxylic acids is 1. The predicted octanol–water partition coefficient (Wildman–Crippen LogP) is 2.36. The van der Waals surface area contributed by atoms with Crippen LogP contribution in [0.4, 0.5) is 11.4 Å². The highest BCUT2D eigenvalue weighted by atomic mass is 16.6. The number of hydrogen-bond donors (Lipinski definition) is 4. The Kier molecular flexibility index (Phi) is 5.52. The van der Waals surface area contributed by atoms with Crippen molar-refractivity contribution in [2.75, 3.05) is 0 Å². The van der Waals surface area contributed by atoms with E-state index in [-0.39, 0.29) is 22.5 Å². The highest BCUT2D eigenvalue weighted by Crippen LogP contribution is 2.29. The minimum atomic E-state index is -1.22. The third-order valence-electron chi connectivity index (χ3n) is 4.75. The molecule has 0 bridgehead atoms. The van der Waals surface area contributed by atoms with Crippen LogP contribution < -0.4 is 5.73 Å². The smallest absolute Gasteiger partial charge is 0.338 e. The topological polar surface area (TPSA) is 224 Å². The molecule has 5 N–H and O–H groups in total. The maximum absolute atomic E-state index is 11.2. The number of nitrogens with one attached hydrogen (secondary N) is 2. The van der Waals surface area contributed by atoms with Crippen LogP contribution in [0.1, 0.15) is 31.8 Å². The Hall–Kier alpha value is -4.88. The number of aromatic amines is 2. The van der Waals surface area contributed by atoms with Crippen molar-refractivity contribution < 1.29 is 24.5 Å². The van der Waals surface area contributed by atoms with Crippen LogP contribution in [0.25, 0.3) is 22.1 Å². The van der Waals surface area contributed by atoms with Gasteiger partial charge < -0.3 is 20.8 Å². The lowest BCUT2D eigenvalue weighted by molar-refractivity contribution is -0.385. The Morgan fingerprint density at radius 1 is 0.906 bits per heavy atom. The van der Waals surface area contributed by atoms with Gasteiger partial charge in [0.25, 0.3) is 17.3 Å². The molecule has 0 atom stereocenters. The lowest BCUT2D eigenvalue weighted by Gasteiger charge is -2.02. The van der Waals surface area contributed by atoms with Crippen molar-refractivity contribution in [3.8, 4) is 0 Å². The van der Waals surface area contributed by atoms with Crippen LogP contribution in [-0.2, 0) is 0 Å². The molecular formula is C18H15N7O7. The molecule has 0 aliphatic rings. The van der Waals surface area contributed by atoms with Crippen LogP contribution in [0, 0.1) is 34.1 Å². The molecule has 2 heterocycles. The molecule has 164 valence electrons. The molecule has 0 saturated carbocycles. The van der Waals surface area contributed by atoms with Gasteiger partial charge in [-0.25, -0.2) is 14.8 Å². The second-order valence-corrected chi connectivity index (χ2v) is 6.57. The van der Waals surface area contributed by atoms with E-state index in [0.717, 1.165) is 12.1 Å². The van der Waals surface area contributed by atoms with E-state index in [4.69, 9.17) is 10.8 Å². The molecule has 0 aliphatic carbocycles. The first kappa shape index (κ1) is 21.8. The Morgan fingerprint density at radius 3 is 1.69 bits per heavy atom. The molecule has 14 heteroatoms. The number of nitro groups is 2. The molecule has 0 aliphatic heterocycles. The number of nitro benzene ring substituents is 2. The molecule has 0 spiro atoms. The van der Waals surface area contributed by atoms with Crippen molar-refractivity contribution in [2.45, 2.75) is 13.8 Å². The zero-order valence-electron chi connectivity index (χ0n) is 16.6. The maximum atomic E-state index is 11.2. The summed E-state index contributed by atoms with van der Waals surface area (Å²) < 4.78 is 0. The summed E-state index contributed by atoms with van der Waals surface area (Å²) in [4.78, 5) is 55.6. The van der Waals surface area contributed by atoms with Gasteiger partial charge in [0, 0.05) is 12.1 Å². The summed E-state index contributed by atoms with van der Waals surface area (Å²) in [7, 11) is 0. The van der Waals surface area contributed by atoms with Crippen molar-refractivity contribution in [3.05, 3.63) is 67.3 Å². The molecule has 32 heavy (non-hydrogen) atoms. The largest absolute Gasteiger partial charge is 0.478 e. The van der Waals surface area contributed by atoms with Gasteiger partial charge in [-0.2, -0.15) is 0 Å². The number of nitrogens with zero attached hydrogens (tertiary/aromatic N) is 4. The zero-order chi connectivity index (χ0) is 23.7. The van der Waals surface area contributed by atoms with E-state index >= 15 is 0 Å². The summed E-state index contributed by atoms with van der Waals surface area (Å²) in [5.41, 5.74) is 6.87. The van der Waals surface area contributed by atoms with Crippen LogP contribution in [0.5, 0.6) is 0 Å². The van der Waals surface area contributed by atoms with E-state index in [1.54, 1.807) is 6.92 Å². The van der Waals surface area contributed by atoms with E-state index in [1.807, 2.05) is 0 Å². The first-order chi connectivity index (χ1) is 15.0. The van der Waals surface area contributed by atoms with Crippen molar-refractivity contribution >= 4 is 45.3 Å². The monoisotopic (exact) mass is 441 g/mol. The maximum Gasteiger partial charge on any atom is 0.338 e. The lowest BCUT2D eigenvalue weighted by Crippen LogP contribution is -2.12. The number of imidazole rings is 2. The number of benzene rings is 2. The molecule has 2 aromatic carbocycles. The highest BCUT2D eigenvalue weighted by Gasteiger charge is 2.22. The number of nitrogens with two attached hydrogens (primary N) is 1. The number of H-pyrrole nitrogens is 2. The third kappa shape index (κ3) is 3.67. The average Bonchev–Trinajstić information content (AvgIpc) is 3.38. The van der Waals surface area contributed by atoms with Crippen LogP contribution in [0.3, 0.4) is 0 Å². The zero-order valence-corrected chi connectivity index (χ0v) is 16.6. The minimum Gasteiger partial charge on any atom is -0.478 e. The molecular weight excluding hydrogens is 426 g/mol. The van der Waals surface area contributed by atoms with E-state index in [9.17, 15) is 29.8 Å². The fraction of sp³-hybridized carbons (Fsp3) is 0.111. The van der Waals surface area contributed by atoms with Crippen LogP contribution in [0.2, 0.25) is 0 Å². The van der Waals surface area contributed by atoms with Gasteiger partial charge in [-0.15, -0.1) is 0 Å². The number of aryl methyl sites for hydroxylation is 2. The number of carboxylic acid groups (broad SMARTS) is 1. The first-order valence-corrected chi connectivity index (χ1v) is 8.79. The fourth-order valence-corrected chi connectivity index (χ4v) is 3.19. The van der Waals surface area contributed by atoms with Gasteiger partial charge in [0.15, 0.2) is 0 Å². The SMILES string of the molecule is Cc1c([N+](=O)[O-])cc(C(=O)O)c2[nH]cnc12.Cc1c([N+](=O)[O-])cc(C(N)=O)c2[nH]cnc12. The number of hydrogen-bond acceptors (Lipinski definition) is 8. The number of carbonyl (C=O) groups is 2. The Balaban J connectivity index is 0.000000181. The highest BCUT2D eigenvalue weighted by molar-refractivity contribution is 6.06. The van der Waals surface area contributed by atoms with Crippen molar-refractivity contribution in [1.82, 2.24) is 19.9 Å². The summed E-state index contributed by atoms with van der Waals surface area (Å²) in [6, 6.07) is 2.20. The molecule has 0 unspecified atom stereocenters. The van der Waals surface area contributed by atoms with E-state index in [1.165, 1.54) is 19.6 Å². The number of aromatic nitrogens is 4. The van der Waals surface area contributed by atoms with Crippen molar-refractivity contribution in [3.63, 3.8) is 0 Å². The number of carbonyl (C=O) groups excluding carboxylic acids is 1. The standard InChI is InChI=1S/C9H8N4O3.C9H7N3O4/c1-4-6(13(15)16)2-5(9(10)14)8-7(4)11-3-12-8;1-4-6(12(15)16)2-5(9(13)14)8-7(4)10-3-11-8/h2-3H,1H3,(H2,10,14)(H,11,12);2-3H,1H3,(H,10,11)(H,13,14). The molecule has 1 amide bonds. The Morgan fingerprint density at radius 2 is 1.31 bits per heavy atom. The number of amides is 1. The summed E-state index contributed by atoms with van der Waals surface area (Å²) in [6.45, 7) is 3.11. The quantitative estimate of drug-likeness (QED) is 0.269. The summed E-state index contributed by atoms with van der Waals surface area (Å²) in [5, 5.41) is 30.4. The van der Waals surface area contributed by atoms with Crippen LogP contribution >= 0.6 is 0 Å². The van der Waals surface area contributed by atoms with Gasteiger partial charge in [0.2, 0.25) is 0 Å². The molecule has 0 radical (unpaired) electrons. The first-order valence-electron chi connectivity index (χ1n) is 8.79. The van der Waals surface area contributed by atoms with Gasteiger partial charge in [-0.3, -0.25) is 25.0 Å². The van der Waals surface area contributed by atoms with Crippen LogP contribution in [-0.4, -0.2) is 46.8 Å².